The van der Waals surface area contributed by atoms with Gasteiger partial charge in [-0.3, -0.25) is 0 Å². The van der Waals surface area contributed by atoms with E-state index < -0.39 is 0 Å². The fourth-order valence-electron chi connectivity index (χ4n) is 1.90. The van der Waals surface area contributed by atoms with Gasteiger partial charge in [0, 0.05) is 17.5 Å². The third-order valence-electron chi connectivity index (χ3n) is 2.73. The van der Waals surface area contributed by atoms with E-state index in [0.29, 0.717) is 5.82 Å². The highest BCUT2D eigenvalue weighted by Crippen LogP contribution is 2.36. The summed E-state index contributed by atoms with van der Waals surface area (Å²) in [5.74, 6) is 3.04. The molecular formula is C11H8N4O2S. The summed E-state index contributed by atoms with van der Waals surface area (Å²) in [6, 6.07) is 5.70. The molecule has 1 aromatic carbocycles. The maximum atomic E-state index is 5.36. The Balaban J connectivity index is 1.84. The zero-order chi connectivity index (χ0) is 11.9. The van der Waals surface area contributed by atoms with E-state index in [1.807, 2.05) is 24.4 Å². The first-order valence-corrected chi connectivity index (χ1v) is 6.41. The summed E-state index contributed by atoms with van der Waals surface area (Å²) >= 11 is 1.61. The summed E-state index contributed by atoms with van der Waals surface area (Å²) in [5, 5.41) is 13.4. The third-order valence-corrected chi connectivity index (χ3v) is 3.56. The van der Waals surface area contributed by atoms with Gasteiger partial charge in [-0.2, -0.15) is 9.78 Å². The van der Waals surface area contributed by atoms with Gasteiger partial charge in [-0.1, -0.05) is 11.8 Å². The second-order valence-electron chi connectivity index (χ2n) is 3.80. The summed E-state index contributed by atoms with van der Waals surface area (Å²) in [6.07, 6.45) is 1.84. The lowest BCUT2D eigenvalue weighted by Gasteiger charge is -2.07. The van der Waals surface area contributed by atoms with Crippen LogP contribution in [0.1, 0.15) is 0 Å². The Hall–Kier alpha value is -2.02. The van der Waals surface area contributed by atoms with Gasteiger partial charge in [-0.15, -0.1) is 10.2 Å². The molecule has 4 rings (SSSR count). The minimum atomic E-state index is 0.269. The molecular weight excluding hydrogens is 252 g/mol. The quantitative estimate of drug-likeness (QED) is 0.779. The summed E-state index contributed by atoms with van der Waals surface area (Å²) in [5.41, 5.74) is 0.914. The smallest absolute Gasteiger partial charge is 0.231 e. The van der Waals surface area contributed by atoms with Crippen LogP contribution in [0.4, 0.5) is 0 Å². The number of rotatable bonds is 1. The average Bonchev–Trinajstić information content (AvgIpc) is 3.04. The Morgan fingerprint density at radius 1 is 1.17 bits per heavy atom. The van der Waals surface area contributed by atoms with Crippen LogP contribution in [0.3, 0.4) is 0 Å². The highest BCUT2D eigenvalue weighted by atomic mass is 32.2. The highest BCUT2D eigenvalue weighted by molar-refractivity contribution is 7.99. The van der Waals surface area contributed by atoms with Crippen molar-refractivity contribution >= 4 is 18.0 Å². The molecule has 0 amide bonds. The van der Waals surface area contributed by atoms with Crippen molar-refractivity contribution in [3.8, 4) is 22.9 Å². The Morgan fingerprint density at radius 3 is 3.11 bits per heavy atom. The van der Waals surface area contributed by atoms with Gasteiger partial charge in [0.15, 0.2) is 17.3 Å². The lowest BCUT2D eigenvalue weighted by molar-refractivity contribution is 0.174. The first-order valence-electron chi connectivity index (χ1n) is 5.43. The average molecular weight is 260 g/mol. The molecule has 0 radical (unpaired) electrons. The minimum absolute atomic E-state index is 0.269. The van der Waals surface area contributed by atoms with Crippen LogP contribution in [-0.4, -0.2) is 33.6 Å². The molecule has 0 bridgehead atoms. The molecule has 2 aromatic rings. The number of nitrogens with zero attached hydrogens (tertiary/aromatic N) is 4. The van der Waals surface area contributed by atoms with Crippen molar-refractivity contribution in [1.82, 2.24) is 14.9 Å². The maximum Gasteiger partial charge on any atom is 0.231 e. The largest absolute Gasteiger partial charge is 0.454 e. The summed E-state index contributed by atoms with van der Waals surface area (Å²) in [7, 11) is 0. The molecule has 0 saturated carbocycles. The summed E-state index contributed by atoms with van der Waals surface area (Å²) in [6.45, 7) is 0.269. The van der Waals surface area contributed by atoms with Gasteiger partial charge in [0.2, 0.25) is 11.9 Å². The van der Waals surface area contributed by atoms with Crippen molar-refractivity contribution in [2.45, 2.75) is 5.16 Å². The molecule has 18 heavy (non-hydrogen) atoms. The van der Waals surface area contributed by atoms with Crippen LogP contribution in [0, 0.1) is 0 Å². The first-order chi connectivity index (χ1) is 8.92. The van der Waals surface area contributed by atoms with E-state index in [2.05, 4.69) is 15.3 Å². The van der Waals surface area contributed by atoms with Crippen molar-refractivity contribution in [1.29, 1.82) is 0 Å². The number of aromatic nitrogens is 3. The van der Waals surface area contributed by atoms with E-state index in [9.17, 15) is 0 Å². The SMILES string of the molecule is C1=Nn2c(nnc2-c2ccc3c(c2)OCO3)SC1. The van der Waals surface area contributed by atoms with Crippen molar-refractivity contribution in [2.75, 3.05) is 12.5 Å². The zero-order valence-electron chi connectivity index (χ0n) is 9.24. The van der Waals surface area contributed by atoms with Gasteiger partial charge in [0.05, 0.1) is 0 Å². The molecule has 3 heterocycles. The minimum Gasteiger partial charge on any atom is -0.454 e. The zero-order valence-corrected chi connectivity index (χ0v) is 10.1. The molecule has 90 valence electrons. The van der Waals surface area contributed by atoms with Crippen LogP contribution in [0.5, 0.6) is 11.5 Å². The van der Waals surface area contributed by atoms with Gasteiger partial charge < -0.3 is 9.47 Å². The van der Waals surface area contributed by atoms with E-state index in [4.69, 9.17) is 9.47 Å². The van der Waals surface area contributed by atoms with Crippen LogP contribution in [0.25, 0.3) is 11.4 Å². The van der Waals surface area contributed by atoms with Crippen molar-refractivity contribution in [3.05, 3.63) is 18.2 Å². The molecule has 6 nitrogen and oxygen atoms in total. The Labute approximate surface area is 107 Å². The van der Waals surface area contributed by atoms with E-state index in [1.54, 1.807) is 16.4 Å². The second-order valence-corrected chi connectivity index (χ2v) is 4.78. The lowest BCUT2D eigenvalue weighted by atomic mass is 10.2. The predicted octanol–water partition coefficient (Wildman–Crippen LogP) is 1.61. The Bertz CT molecular complexity index is 652. The summed E-state index contributed by atoms with van der Waals surface area (Å²) in [4.78, 5) is 0. The van der Waals surface area contributed by atoms with Gasteiger partial charge in [-0.05, 0) is 18.2 Å². The maximum absolute atomic E-state index is 5.36. The van der Waals surface area contributed by atoms with Crippen LogP contribution in [-0.2, 0) is 0 Å². The number of thioether (sulfide) groups is 1. The molecule has 2 aliphatic heterocycles. The van der Waals surface area contributed by atoms with E-state index in [-0.39, 0.29) is 6.79 Å². The standard InChI is InChI=1S/C11H8N4O2S/c1-2-8-9(17-6-16-8)5-7(1)10-13-14-11-15(10)12-3-4-18-11/h1-3,5H,4,6H2. The number of benzene rings is 1. The number of hydrogen-bond donors (Lipinski definition) is 0. The molecule has 0 atom stereocenters. The van der Waals surface area contributed by atoms with Crippen LogP contribution < -0.4 is 9.47 Å². The highest BCUT2D eigenvalue weighted by Gasteiger charge is 2.19. The topological polar surface area (TPSA) is 61.5 Å². The van der Waals surface area contributed by atoms with Gasteiger partial charge in [0.25, 0.3) is 0 Å². The third kappa shape index (κ3) is 1.40. The molecule has 0 fully saturated rings. The van der Waals surface area contributed by atoms with E-state index >= 15 is 0 Å². The van der Waals surface area contributed by atoms with Crippen LogP contribution in [0.15, 0.2) is 28.5 Å². The second kappa shape index (κ2) is 3.74. The van der Waals surface area contributed by atoms with Gasteiger partial charge >= 0.3 is 0 Å². The van der Waals surface area contributed by atoms with Crippen molar-refractivity contribution in [2.24, 2.45) is 5.10 Å². The van der Waals surface area contributed by atoms with Gasteiger partial charge in [-0.25, -0.2) is 0 Å². The van der Waals surface area contributed by atoms with Crippen molar-refractivity contribution < 1.29 is 9.47 Å². The molecule has 1 aromatic heterocycles. The first kappa shape index (κ1) is 9.95. The Kier molecular flexibility index (Phi) is 2.07. The molecule has 0 N–H and O–H groups in total. The molecule has 0 saturated heterocycles. The summed E-state index contributed by atoms with van der Waals surface area (Å²) < 4.78 is 12.4. The van der Waals surface area contributed by atoms with Crippen LogP contribution >= 0.6 is 11.8 Å². The fourth-order valence-corrected chi connectivity index (χ4v) is 2.55. The predicted molar refractivity (Wildman–Crippen MR) is 66.2 cm³/mol. The van der Waals surface area contributed by atoms with E-state index in [1.165, 1.54) is 0 Å². The number of fused-ring (bicyclic) bond motifs is 2. The Morgan fingerprint density at radius 2 is 2.11 bits per heavy atom. The fraction of sp³-hybridized carbons (Fsp3) is 0.182. The van der Waals surface area contributed by atoms with Crippen LogP contribution in [0.2, 0.25) is 0 Å². The molecule has 0 unspecified atom stereocenters. The monoisotopic (exact) mass is 260 g/mol. The molecule has 7 heteroatoms. The normalized spacial score (nSPS) is 15.8. The lowest BCUT2D eigenvalue weighted by Crippen LogP contribution is -2.01. The van der Waals surface area contributed by atoms with Crippen molar-refractivity contribution in [3.63, 3.8) is 0 Å². The van der Waals surface area contributed by atoms with Gasteiger partial charge in [0.1, 0.15) is 0 Å². The molecule has 2 aliphatic rings. The molecule has 0 spiro atoms. The number of ether oxygens (including phenoxy) is 2. The number of hydrogen-bond acceptors (Lipinski definition) is 6. The molecule has 0 aliphatic carbocycles. The van der Waals surface area contributed by atoms with E-state index in [0.717, 1.165) is 28.0 Å².